The molecule has 4 aromatic rings. The minimum Gasteiger partial charge on any atom is -0.372 e. The number of anilines is 2. The molecular weight excluding hydrogens is 501 g/mol. The van der Waals surface area contributed by atoms with Crippen LogP contribution in [0.2, 0.25) is 0 Å². The molecule has 1 heterocycles. The minimum atomic E-state index is -0.141. The smallest absolute Gasteiger partial charge is 0.255 e. The Balaban J connectivity index is 1.60. The second kappa shape index (κ2) is 9.05. The average molecular weight is 525 g/mol. The lowest BCUT2D eigenvalue weighted by atomic mass is 10.1. The van der Waals surface area contributed by atoms with Crippen molar-refractivity contribution in [1.29, 1.82) is 0 Å². The van der Waals surface area contributed by atoms with E-state index in [1.54, 1.807) is 4.80 Å². The van der Waals surface area contributed by atoms with E-state index in [0.29, 0.717) is 5.56 Å². The van der Waals surface area contributed by atoms with Gasteiger partial charge in [-0.25, -0.2) is 0 Å². The first-order valence-electron chi connectivity index (χ1n) is 10.3. The monoisotopic (exact) mass is 525 g/mol. The molecule has 0 aliphatic heterocycles. The number of halogens is 1. The highest BCUT2D eigenvalue weighted by Gasteiger charge is 2.12. The van der Waals surface area contributed by atoms with Crippen LogP contribution in [0.15, 0.2) is 60.7 Å². The van der Waals surface area contributed by atoms with E-state index in [0.717, 1.165) is 44.6 Å². The van der Waals surface area contributed by atoms with Gasteiger partial charge in [-0.3, -0.25) is 4.79 Å². The molecule has 0 unspecified atom stereocenters. The number of fused-ring (bicyclic) bond motifs is 1. The third kappa shape index (κ3) is 4.56. The number of aryl methyl sites for hydroxylation is 1. The fourth-order valence-corrected chi connectivity index (χ4v) is 3.86. The highest BCUT2D eigenvalue weighted by molar-refractivity contribution is 14.1. The Labute approximate surface area is 195 Å². The highest BCUT2D eigenvalue weighted by Crippen LogP contribution is 2.24. The topological polar surface area (TPSA) is 63.1 Å². The fourth-order valence-electron chi connectivity index (χ4n) is 3.50. The Morgan fingerprint density at radius 3 is 2.19 bits per heavy atom. The van der Waals surface area contributed by atoms with Gasteiger partial charge in [0.25, 0.3) is 5.91 Å². The first kappa shape index (κ1) is 21.3. The van der Waals surface area contributed by atoms with Gasteiger partial charge in [-0.2, -0.15) is 4.80 Å². The second-order valence-corrected chi connectivity index (χ2v) is 8.54. The molecule has 0 saturated heterocycles. The lowest BCUT2D eigenvalue weighted by Gasteiger charge is -2.20. The zero-order valence-corrected chi connectivity index (χ0v) is 19.9. The maximum Gasteiger partial charge on any atom is 0.255 e. The number of amides is 1. The van der Waals surface area contributed by atoms with E-state index < -0.39 is 0 Å². The molecule has 0 saturated carbocycles. The van der Waals surface area contributed by atoms with Crippen molar-refractivity contribution in [3.05, 3.63) is 75.4 Å². The molecule has 0 radical (unpaired) electrons. The summed E-state index contributed by atoms with van der Waals surface area (Å²) in [6, 6.07) is 19.5. The number of hydrogen-bond acceptors (Lipinski definition) is 4. The van der Waals surface area contributed by atoms with Gasteiger partial charge in [0, 0.05) is 33.6 Å². The van der Waals surface area contributed by atoms with E-state index >= 15 is 0 Å². The normalized spacial score (nSPS) is 11.0. The Morgan fingerprint density at radius 1 is 0.968 bits per heavy atom. The molecule has 0 atom stereocenters. The number of nitrogens with one attached hydrogen (secondary N) is 1. The zero-order chi connectivity index (χ0) is 22.0. The lowest BCUT2D eigenvalue weighted by molar-refractivity contribution is 0.102. The number of carbonyl (C=O) groups excluding carboxylic acids is 1. The summed E-state index contributed by atoms with van der Waals surface area (Å²) in [5, 5.41) is 12.3. The number of benzene rings is 3. The van der Waals surface area contributed by atoms with E-state index in [2.05, 4.69) is 69.0 Å². The van der Waals surface area contributed by atoms with Gasteiger partial charge in [-0.1, -0.05) is 0 Å². The highest BCUT2D eigenvalue weighted by atomic mass is 127. The van der Waals surface area contributed by atoms with Gasteiger partial charge < -0.3 is 10.2 Å². The molecule has 1 aromatic heterocycles. The molecule has 0 bridgehead atoms. The summed E-state index contributed by atoms with van der Waals surface area (Å²) in [4.78, 5) is 16.6. The van der Waals surface area contributed by atoms with Crippen molar-refractivity contribution in [1.82, 2.24) is 15.0 Å². The first-order valence-corrected chi connectivity index (χ1v) is 11.4. The van der Waals surface area contributed by atoms with Crippen LogP contribution in [-0.2, 0) is 0 Å². The molecule has 1 amide bonds. The summed E-state index contributed by atoms with van der Waals surface area (Å²) in [6.45, 7) is 8.19. The Hall–Kier alpha value is -2.94. The van der Waals surface area contributed by atoms with Gasteiger partial charge in [0.2, 0.25) is 0 Å². The molecular formula is C24H24IN5O. The molecule has 0 spiro atoms. The quantitative estimate of drug-likeness (QED) is 0.341. The molecule has 6 nitrogen and oxygen atoms in total. The first-order chi connectivity index (χ1) is 15.0. The number of aromatic nitrogens is 3. The van der Waals surface area contributed by atoms with E-state index in [4.69, 9.17) is 0 Å². The molecule has 31 heavy (non-hydrogen) atoms. The lowest BCUT2D eigenvalue weighted by Crippen LogP contribution is -2.21. The van der Waals surface area contributed by atoms with E-state index in [1.165, 1.54) is 5.69 Å². The van der Waals surface area contributed by atoms with Crippen LogP contribution in [0.1, 0.15) is 29.8 Å². The molecule has 0 aliphatic carbocycles. The van der Waals surface area contributed by atoms with Crippen LogP contribution >= 0.6 is 22.6 Å². The molecule has 7 heteroatoms. The van der Waals surface area contributed by atoms with Crippen molar-refractivity contribution in [2.75, 3.05) is 23.3 Å². The van der Waals surface area contributed by atoms with Crippen molar-refractivity contribution in [2.45, 2.75) is 20.8 Å². The minimum absolute atomic E-state index is 0.141. The predicted molar refractivity (Wildman–Crippen MR) is 134 cm³/mol. The van der Waals surface area contributed by atoms with Crippen molar-refractivity contribution in [3.8, 4) is 5.69 Å². The summed E-state index contributed by atoms with van der Waals surface area (Å²) in [5.41, 5.74) is 5.90. The number of rotatable bonds is 6. The van der Waals surface area contributed by atoms with E-state index in [9.17, 15) is 4.79 Å². The van der Waals surface area contributed by atoms with Crippen LogP contribution in [0.3, 0.4) is 0 Å². The molecule has 1 N–H and O–H groups in total. The SMILES string of the molecule is CCN(CC)c1ccc(-n2nc3cc(C)c(NC(=O)c4ccc(I)cc4)cc3n2)cc1. The molecule has 4 rings (SSSR count). The molecule has 3 aromatic carbocycles. The predicted octanol–water partition coefficient (Wildman–Crippen LogP) is 5.43. The summed E-state index contributed by atoms with van der Waals surface area (Å²) in [7, 11) is 0. The maximum atomic E-state index is 12.6. The van der Waals surface area contributed by atoms with Crippen LogP contribution in [0.4, 0.5) is 11.4 Å². The third-order valence-electron chi connectivity index (χ3n) is 5.29. The van der Waals surface area contributed by atoms with Crippen LogP contribution < -0.4 is 10.2 Å². The van der Waals surface area contributed by atoms with E-state index in [1.807, 2.05) is 55.5 Å². The zero-order valence-electron chi connectivity index (χ0n) is 17.8. The molecule has 0 aliphatic rings. The standard InChI is InChI=1S/C24H24IN5O/c1-4-29(5-2)19-10-12-20(13-11-19)30-27-22-14-16(3)21(15-23(22)28-30)26-24(31)17-6-8-18(25)9-7-17/h6-15H,4-5H2,1-3H3,(H,26,31). The Morgan fingerprint density at radius 2 is 1.58 bits per heavy atom. The Kier molecular flexibility index (Phi) is 6.22. The van der Waals surface area contributed by atoms with Crippen molar-refractivity contribution in [2.24, 2.45) is 0 Å². The van der Waals surface area contributed by atoms with Crippen LogP contribution in [0, 0.1) is 10.5 Å². The van der Waals surface area contributed by atoms with Crippen LogP contribution in [-0.4, -0.2) is 34.0 Å². The van der Waals surface area contributed by atoms with Crippen LogP contribution in [0.5, 0.6) is 0 Å². The van der Waals surface area contributed by atoms with E-state index in [-0.39, 0.29) is 5.91 Å². The number of nitrogens with zero attached hydrogens (tertiary/aromatic N) is 4. The second-order valence-electron chi connectivity index (χ2n) is 7.29. The van der Waals surface area contributed by atoms with Gasteiger partial charge in [0.15, 0.2) is 0 Å². The average Bonchev–Trinajstić information content (AvgIpc) is 3.18. The summed E-state index contributed by atoms with van der Waals surface area (Å²) in [6.07, 6.45) is 0. The van der Waals surface area contributed by atoms with Crippen LogP contribution in [0.25, 0.3) is 16.7 Å². The molecule has 158 valence electrons. The molecule has 0 fully saturated rings. The van der Waals surface area contributed by atoms with Gasteiger partial charge in [-0.05, 0) is 110 Å². The largest absolute Gasteiger partial charge is 0.372 e. The summed E-state index contributed by atoms with van der Waals surface area (Å²) < 4.78 is 1.09. The third-order valence-corrected chi connectivity index (χ3v) is 6.01. The van der Waals surface area contributed by atoms with Crippen molar-refractivity contribution >= 4 is 50.9 Å². The number of hydrogen-bond donors (Lipinski definition) is 1. The van der Waals surface area contributed by atoms with Crippen molar-refractivity contribution in [3.63, 3.8) is 0 Å². The Bertz CT molecular complexity index is 1210. The summed E-state index contributed by atoms with van der Waals surface area (Å²) in [5.74, 6) is -0.141. The van der Waals surface area contributed by atoms with Gasteiger partial charge in [-0.15, -0.1) is 10.2 Å². The summed E-state index contributed by atoms with van der Waals surface area (Å²) >= 11 is 2.22. The van der Waals surface area contributed by atoms with Gasteiger partial charge in [0.05, 0.1) is 5.69 Å². The van der Waals surface area contributed by atoms with Gasteiger partial charge >= 0.3 is 0 Å². The fraction of sp³-hybridized carbons (Fsp3) is 0.208. The number of carbonyl (C=O) groups is 1. The maximum absolute atomic E-state index is 12.6. The van der Waals surface area contributed by atoms with Crippen molar-refractivity contribution < 1.29 is 4.79 Å². The van der Waals surface area contributed by atoms with Gasteiger partial charge in [0.1, 0.15) is 11.0 Å².